The smallest absolute Gasteiger partial charge is 0.261 e. The number of hydrogen-bond acceptors (Lipinski definition) is 4. The molecule has 19 heavy (non-hydrogen) atoms. The molecule has 5 heteroatoms. The van der Waals surface area contributed by atoms with Crippen molar-refractivity contribution < 1.29 is 9.90 Å². The molecular formula is C14H17N3O2. The number of carbonyl (C=O) groups is 1. The second kappa shape index (κ2) is 4.93. The van der Waals surface area contributed by atoms with Crippen molar-refractivity contribution in [3.63, 3.8) is 0 Å². The quantitative estimate of drug-likeness (QED) is 0.742. The van der Waals surface area contributed by atoms with Gasteiger partial charge < -0.3 is 15.7 Å². The summed E-state index contributed by atoms with van der Waals surface area (Å²) in [4.78, 5) is 14.0. The number of likely N-dealkylation sites (tertiary alicyclic amines) is 1. The Balaban J connectivity index is 1.88. The molecule has 2 unspecified atom stereocenters. The average Bonchev–Trinajstić information content (AvgIpc) is 2.89. The molecule has 0 aromatic heterocycles. The number of rotatable bonds is 2. The minimum atomic E-state index is -0.364. The number of nitrogens with one attached hydrogen (secondary N) is 2. The fourth-order valence-corrected chi connectivity index (χ4v) is 2.87. The van der Waals surface area contributed by atoms with E-state index >= 15 is 0 Å². The highest BCUT2D eigenvalue weighted by Crippen LogP contribution is 2.37. The number of aromatic hydroxyl groups is 1. The van der Waals surface area contributed by atoms with Crippen molar-refractivity contribution in [1.29, 1.82) is 0 Å². The summed E-state index contributed by atoms with van der Waals surface area (Å²) in [5.41, 5.74) is 0.893. The zero-order valence-corrected chi connectivity index (χ0v) is 10.5. The highest BCUT2D eigenvalue weighted by Gasteiger charge is 2.36. The number of amides is 1. The van der Waals surface area contributed by atoms with Crippen molar-refractivity contribution in [1.82, 2.24) is 15.5 Å². The molecule has 0 spiro atoms. The maximum absolute atomic E-state index is 11.9. The molecular weight excluding hydrogens is 242 g/mol. The molecule has 1 aromatic carbocycles. The molecule has 0 aliphatic carbocycles. The predicted octanol–water partition coefficient (Wildman–Crippen LogP) is 1.05. The van der Waals surface area contributed by atoms with Gasteiger partial charge in [-0.2, -0.15) is 0 Å². The molecule has 1 fully saturated rings. The molecule has 1 amide bonds. The lowest BCUT2D eigenvalue weighted by molar-refractivity contribution is -0.127. The standard InChI is InChI=1S/C14H17N3O2/c18-12-6-2-1-4-10(12)11-5-3-9-17(11)13-14(19)16-8-7-15-13/h1-2,4,6-8,11,13,15,18H,3,5,9H2,(H,16,19). The van der Waals surface area contributed by atoms with Crippen LogP contribution >= 0.6 is 0 Å². The molecule has 1 aromatic rings. The maximum atomic E-state index is 11.9. The van der Waals surface area contributed by atoms with Crippen molar-refractivity contribution in [3.05, 3.63) is 42.2 Å². The van der Waals surface area contributed by atoms with Crippen LogP contribution in [0.4, 0.5) is 0 Å². The van der Waals surface area contributed by atoms with Gasteiger partial charge in [-0.25, -0.2) is 0 Å². The molecule has 2 aliphatic heterocycles. The Hall–Kier alpha value is -2.01. The first-order valence-electron chi connectivity index (χ1n) is 6.52. The molecule has 2 heterocycles. The van der Waals surface area contributed by atoms with Crippen LogP contribution in [0.5, 0.6) is 5.75 Å². The minimum absolute atomic E-state index is 0.0511. The van der Waals surface area contributed by atoms with Gasteiger partial charge in [-0.1, -0.05) is 18.2 Å². The monoisotopic (exact) mass is 259 g/mol. The first kappa shape index (κ1) is 12.0. The molecule has 0 bridgehead atoms. The van der Waals surface area contributed by atoms with Gasteiger partial charge in [0.05, 0.1) is 0 Å². The van der Waals surface area contributed by atoms with E-state index in [2.05, 4.69) is 15.5 Å². The Kier molecular flexibility index (Phi) is 3.13. The molecule has 0 radical (unpaired) electrons. The molecule has 2 atom stereocenters. The van der Waals surface area contributed by atoms with Gasteiger partial charge in [-0.05, 0) is 18.9 Å². The SMILES string of the molecule is O=C1NC=CNC1N1CCCC1c1ccccc1O. The fraction of sp³-hybridized carbons (Fsp3) is 0.357. The van der Waals surface area contributed by atoms with Crippen molar-refractivity contribution >= 4 is 5.91 Å². The zero-order chi connectivity index (χ0) is 13.2. The summed E-state index contributed by atoms with van der Waals surface area (Å²) in [6.45, 7) is 0.845. The molecule has 100 valence electrons. The van der Waals surface area contributed by atoms with Gasteiger partial charge in [0.25, 0.3) is 5.91 Å². The van der Waals surface area contributed by atoms with Gasteiger partial charge in [0.2, 0.25) is 0 Å². The van der Waals surface area contributed by atoms with Crippen LogP contribution in [-0.4, -0.2) is 28.6 Å². The number of phenolic OH excluding ortho intramolecular Hbond substituents is 1. The van der Waals surface area contributed by atoms with Crippen molar-refractivity contribution in [2.24, 2.45) is 0 Å². The number of para-hydroxylation sites is 1. The van der Waals surface area contributed by atoms with E-state index in [-0.39, 0.29) is 18.1 Å². The number of carbonyl (C=O) groups excluding carboxylic acids is 1. The van der Waals surface area contributed by atoms with Crippen LogP contribution in [-0.2, 0) is 4.79 Å². The summed E-state index contributed by atoms with van der Waals surface area (Å²) in [7, 11) is 0. The zero-order valence-electron chi connectivity index (χ0n) is 10.5. The van der Waals surface area contributed by atoms with Crippen LogP contribution in [0, 0.1) is 0 Å². The summed E-state index contributed by atoms with van der Waals surface area (Å²) in [6.07, 6.45) is 4.95. The maximum Gasteiger partial charge on any atom is 0.261 e. The van der Waals surface area contributed by atoms with Crippen molar-refractivity contribution in [2.75, 3.05) is 6.54 Å². The van der Waals surface area contributed by atoms with Gasteiger partial charge in [-0.3, -0.25) is 9.69 Å². The van der Waals surface area contributed by atoms with Gasteiger partial charge >= 0.3 is 0 Å². The molecule has 5 nitrogen and oxygen atoms in total. The summed E-state index contributed by atoms with van der Waals surface area (Å²) >= 11 is 0. The van der Waals surface area contributed by atoms with Gasteiger partial charge in [0.15, 0.2) is 6.17 Å². The van der Waals surface area contributed by atoms with Crippen LogP contribution in [0.2, 0.25) is 0 Å². The van der Waals surface area contributed by atoms with Crippen LogP contribution in [0.3, 0.4) is 0 Å². The third kappa shape index (κ3) is 2.17. The summed E-state index contributed by atoms with van der Waals surface area (Å²) in [5, 5.41) is 15.8. The fourth-order valence-electron chi connectivity index (χ4n) is 2.87. The predicted molar refractivity (Wildman–Crippen MR) is 71.0 cm³/mol. The third-order valence-corrected chi connectivity index (χ3v) is 3.73. The van der Waals surface area contributed by atoms with E-state index in [1.807, 2.05) is 18.2 Å². The van der Waals surface area contributed by atoms with E-state index in [0.29, 0.717) is 5.75 Å². The lowest BCUT2D eigenvalue weighted by atomic mass is 10.0. The van der Waals surface area contributed by atoms with Crippen LogP contribution in [0.1, 0.15) is 24.4 Å². The highest BCUT2D eigenvalue weighted by atomic mass is 16.3. The average molecular weight is 259 g/mol. The van der Waals surface area contributed by atoms with E-state index in [4.69, 9.17) is 0 Å². The Morgan fingerprint density at radius 2 is 2.11 bits per heavy atom. The Bertz CT molecular complexity index is 515. The number of phenols is 1. The lowest BCUT2D eigenvalue weighted by Gasteiger charge is -2.33. The Morgan fingerprint density at radius 3 is 2.89 bits per heavy atom. The van der Waals surface area contributed by atoms with Gasteiger partial charge in [0.1, 0.15) is 5.75 Å². The lowest BCUT2D eigenvalue weighted by Crippen LogP contribution is -2.54. The molecule has 3 rings (SSSR count). The number of nitrogens with zero attached hydrogens (tertiary/aromatic N) is 1. The second-order valence-corrected chi connectivity index (χ2v) is 4.87. The van der Waals surface area contributed by atoms with Gasteiger partial charge in [-0.15, -0.1) is 0 Å². The van der Waals surface area contributed by atoms with Crippen molar-refractivity contribution in [3.8, 4) is 5.75 Å². The molecule has 0 saturated carbocycles. The largest absolute Gasteiger partial charge is 0.508 e. The van der Waals surface area contributed by atoms with Gasteiger partial charge in [0, 0.05) is 30.5 Å². The molecule has 2 aliphatic rings. The second-order valence-electron chi connectivity index (χ2n) is 4.87. The van der Waals surface area contributed by atoms with Crippen LogP contribution < -0.4 is 10.6 Å². The Morgan fingerprint density at radius 1 is 1.26 bits per heavy atom. The summed E-state index contributed by atoms with van der Waals surface area (Å²) in [6, 6.07) is 7.43. The van der Waals surface area contributed by atoms with Crippen molar-refractivity contribution in [2.45, 2.75) is 25.0 Å². The van der Waals surface area contributed by atoms with E-state index in [0.717, 1.165) is 24.9 Å². The number of hydrogen-bond donors (Lipinski definition) is 3. The first-order chi connectivity index (χ1) is 9.27. The minimum Gasteiger partial charge on any atom is -0.508 e. The normalized spacial score (nSPS) is 27.1. The molecule has 1 saturated heterocycles. The highest BCUT2D eigenvalue weighted by molar-refractivity contribution is 5.83. The summed E-state index contributed by atoms with van der Waals surface area (Å²) in [5.74, 6) is 0.246. The third-order valence-electron chi connectivity index (χ3n) is 3.73. The Labute approximate surface area is 111 Å². The van der Waals surface area contributed by atoms with E-state index < -0.39 is 0 Å². The van der Waals surface area contributed by atoms with Crippen LogP contribution in [0.25, 0.3) is 0 Å². The topological polar surface area (TPSA) is 64.6 Å². The van der Waals surface area contributed by atoms with E-state index in [9.17, 15) is 9.90 Å². The summed E-state index contributed by atoms with van der Waals surface area (Å²) < 4.78 is 0. The van der Waals surface area contributed by atoms with Crippen LogP contribution in [0.15, 0.2) is 36.7 Å². The molecule has 3 N–H and O–H groups in total. The van der Waals surface area contributed by atoms with E-state index in [1.54, 1.807) is 18.5 Å². The number of benzene rings is 1. The first-order valence-corrected chi connectivity index (χ1v) is 6.52. The van der Waals surface area contributed by atoms with E-state index in [1.165, 1.54) is 0 Å².